The zero-order valence-electron chi connectivity index (χ0n) is 10.4. The molecule has 2 rings (SSSR count). The molecule has 0 bridgehead atoms. The van der Waals surface area contributed by atoms with E-state index in [1.165, 1.54) is 6.07 Å². The number of nitrogens with two attached hydrogens (primary N) is 1. The molecular weight excluding hydrogens is 267 g/mol. The molecule has 0 radical (unpaired) electrons. The van der Waals surface area contributed by atoms with Crippen molar-refractivity contribution in [3.8, 4) is 0 Å². The van der Waals surface area contributed by atoms with Crippen molar-refractivity contribution in [2.75, 3.05) is 0 Å². The maximum absolute atomic E-state index is 13.7. The van der Waals surface area contributed by atoms with Crippen molar-refractivity contribution in [2.24, 2.45) is 5.84 Å². The van der Waals surface area contributed by atoms with Crippen LogP contribution in [-0.2, 0) is 6.42 Å². The summed E-state index contributed by atoms with van der Waals surface area (Å²) < 4.78 is 13.7. The normalized spacial score (nSPS) is 12.4. The fraction of sp³-hybridized carbons (Fsp3) is 0.231. The lowest BCUT2D eigenvalue weighted by Gasteiger charge is -2.16. The van der Waals surface area contributed by atoms with Crippen molar-refractivity contribution in [2.45, 2.75) is 19.4 Å². The van der Waals surface area contributed by atoms with Gasteiger partial charge in [0.15, 0.2) is 0 Å². The summed E-state index contributed by atoms with van der Waals surface area (Å²) in [6.45, 7) is 1.84. The van der Waals surface area contributed by atoms with E-state index >= 15 is 0 Å². The number of hydrogen-bond acceptors (Lipinski definition) is 4. The van der Waals surface area contributed by atoms with Gasteiger partial charge in [0.1, 0.15) is 5.82 Å². The second kappa shape index (κ2) is 6.06. The Labute approximate surface area is 115 Å². The third kappa shape index (κ3) is 3.26. The number of nitrogens with one attached hydrogen (secondary N) is 1. The fourth-order valence-electron chi connectivity index (χ4n) is 1.76. The molecular formula is C13H14ClFN4. The molecule has 0 aliphatic carbocycles. The SMILES string of the molecule is Cc1cnc(C(Cc2c(F)cccc2Cl)NN)cn1. The Balaban J connectivity index is 2.26. The van der Waals surface area contributed by atoms with Gasteiger partial charge in [0.05, 0.1) is 23.6 Å². The van der Waals surface area contributed by atoms with Gasteiger partial charge in [-0.3, -0.25) is 21.2 Å². The topological polar surface area (TPSA) is 63.8 Å². The van der Waals surface area contributed by atoms with E-state index in [1.54, 1.807) is 24.5 Å². The number of aromatic nitrogens is 2. The minimum absolute atomic E-state index is 0.305. The Hall–Kier alpha value is -1.56. The summed E-state index contributed by atoms with van der Waals surface area (Å²) in [5, 5.41) is 0.375. The molecule has 1 aromatic carbocycles. The monoisotopic (exact) mass is 280 g/mol. The first-order chi connectivity index (χ1) is 9.11. The van der Waals surface area contributed by atoms with E-state index in [-0.39, 0.29) is 11.9 Å². The Kier molecular flexibility index (Phi) is 4.42. The molecule has 0 amide bonds. The third-order valence-electron chi connectivity index (χ3n) is 2.83. The van der Waals surface area contributed by atoms with Crippen LogP contribution >= 0.6 is 11.6 Å². The summed E-state index contributed by atoms with van der Waals surface area (Å²) >= 11 is 6.00. The fourth-order valence-corrected chi connectivity index (χ4v) is 2.00. The second-order valence-electron chi connectivity index (χ2n) is 4.21. The van der Waals surface area contributed by atoms with Crippen LogP contribution in [0.15, 0.2) is 30.6 Å². The van der Waals surface area contributed by atoms with Crippen molar-refractivity contribution < 1.29 is 4.39 Å². The number of hydrazine groups is 1. The molecule has 0 spiro atoms. The maximum Gasteiger partial charge on any atom is 0.127 e. The maximum atomic E-state index is 13.7. The van der Waals surface area contributed by atoms with E-state index in [2.05, 4.69) is 15.4 Å². The van der Waals surface area contributed by atoms with Gasteiger partial charge >= 0.3 is 0 Å². The first-order valence-corrected chi connectivity index (χ1v) is 6.17. The van der Waals surface area contributed by atoms with E-state index in [0.29, 0.717) is 22.7 Å². The number of aryl methyl sites for hydroxylation is 1. The molecule has 100 valence electrons. The summed E-state index contributed by atoms with van der Waals surface area (Å²) in [5.74, 6) is 5.15. The Morgan fingerprint density at radius 1 is 1.37 bits per heavy atom. The molecule has 1 atom stereocenters. The van der Waals surface area contributed by atoms with Crippen LogP contribution in [0.5, 0.6) is 0 Å². The highest BCUT2D eigenvalue weighted by molar-refractivity contribution is 6.31. The molecule has 0 aliphatic rings. The molecule has 3 N–H and O–H groups in total. The average Bonchev–Trinajstić information content (AvgIpc) is 2.40. The first-order valence-electron chi connectivity index (χ1n) is 5.79. The average molecular weight is 281 g/mol. The van der Waals surface area contributed by atoms with E-state index in [0.717, 1.165) is 5.69 Å². The van der Waals surface area contributed by atoms with Crippen molar-refractivity contribution in [1.29, 1.82) is 0 Å². The number of rotatable bonds is 4. The van der Waals surface area contributed by atoms with Gasteiger partial charge in [0.25, 0.3) is 0 Å². The Morgan fingerprint density at radius 3 is 2.74 bits per heavy atom. The van der Waals surface area contributed by atoms with Gasteiger partial charge < -0.3 is 0 Å². The summed E-state index contributed by atoms with van der Waals surface area (Å²) in [5.41, 5.74) is 4.48. The lowest BCUT2D eigenvalue weighted by atomic mass is 10.0. The predicted octanol–water partition coefficient (Wildman–Crippen LogP) is 2.32. The number of halogens is 2. The van der Waals surface area contributed by atoms with Crippen molar-refractivity contribution in [3.63, 3.8) is 0 Å². The van der Waals surface area contributed by atoms with E-state index < -0.39 is 0 Å². The van der Waals surface area contributed by atoms with Gasteiger partial charge in [-0.2, -0.15) is 0 Å². The van der Waals surface area contributed by atoms with Crippen LogP contribution in [-0.4, -0.2) is 9.97 Å². The molecule has 0 fully saturated rings. The molecule has 0 saturated carbocycles. The van der Waals surface area contributed by atoms with Gasteiger partial charge in [-0.1, -0.05) is 17.7 Å². The van der Waals surface area contributed by atoms with Crippen LogP contribution < -0.4 is 11.3 Å². The predicted molar refractivity (Wildman–Crippen MR) is 71.9 cm³/mol. The van der Waals surface area contributed by atoms with Crippen LogP contribution in [0, 0.1) is 12.7 Å². The van der Waals surface area contributed by atoms with Gasteiger partial charge in [0.2, 0.25) is 0 Å². The zero-order chi connectivity index (χ0) is 13.8. The smallest absolute Gasteiger partial charge is 0.127 e. The number of nitrogens with zero attached hydrogens (tertiary/aromatic N) is 2. The van der Waals surface area contributed by atoms with Crippen LogP contribution in [0.1, 0.15) is 23.0 Å². The quantitative estimate of drug-likeness (QED) is 0.666. The molecule has 1 aromatic heterocycles. The molecule has 4 nitrogen and oxygen atoms in total. The van der Waals surface area contributed by atoms with E-state index in [9.17, 15) is 4.39 Å². The largest absolute Gasteiger partial charge is 0.271 e. The van der Waals surface area contributed by atoms with Crippen LogP contribution in [0.25, 0.3) is 0 Å². The number of benzene rings is 1. The molecule has 1 unspecified atom stereocenters. The van der Waals surface area contributed by atoms with E-state index in [4.69, 9.17) is 17.4 Å². The Morgan fingerprint density at radius 2 is 2.16 bits per heavy atom. The zero-order valence-corrected chi connectivity index (χ0v) is 11.2. The van der Waals surface area contributed by atoms with Crippen molar-refractivity contribution in [1.82, 2.24) is 15.4 Å². The van der Waals surface area contributed by atoms with Crippen molar-refractivity contribution >= 4 is 11.6 Å². The Bertz CT molecular complexity index is 539. The molecule has 1 heterocycles. The minimum atomic E-state index is -0.354. The molecule has 19 heavy (non-hydrogen) atoms. The minimum Gasteiger partial charge on any atom is -0.271 e. The van der Waals surface area contributed by atoms with E-state index in [1.807, 2.05) is 6.92 Å². The standard InChI is InChI=1S/C13H14ClFN4/c1-8-6-18-13(7-17-8)12(19-16)5-9-10(14)3-2-4-11(9)15/h2-4,6-7,12,19H,5,16H2,1H3. The highest BCUT2D eigenvalue weighted by atomic mass is 35.5. The first kappa shape index (κ1) is 13.9. The van der Waals surface area contributed by atoms with Crippen molar-refractivity contribution in [3.05, 3.63) is 58.4 Å². The highest BCUT2D eigenvalue weighted by Gasteiger charge is 2.17. The van der Waals surface area contributed by atoms with Crippen LogP contribution in [0.2, 0.25) is 5.02 Å². The third-order valence-corrected chi connectivity index (χ3v) is 3.18. The molecule has 0 saturated heterocycles. The second-order valence-corrected chi connectivity index (χ2v) is 4.61. The van der Waals surface area contributed by atoms with Gasteiger partial charge in [0, 0.05) is 16.8 Å². The summed E-state index contributed by atoms with van der Waals surface area (Å²) in [6, 6.07) is 4.24. The van der Waals surface area contributed by atoms with Gasteiger partial charge in [-0.15, -0.1) is 0 Å². The van der Waals surface area contributed by atoms with Crippen LogP contribution in [0.4, 0.5) is 4.39 Å². The van der Waals surface area contributed by atoms with Crippen LogP contribution in [0.3, 0.4) is 0 Å². The van der Waals surface area contributed by atoms with Gasteiger partial charge in [-0.25, -0.2) is 4.39 Å². The summed E-state index contributed by atoms with van der Waals surface area (Å²) in [7, 11) is 0. The summed E-state index contributed by atoms with van der Waals surface area (Å²) in [4.78, 5) is 8.38. The molecule has 0 aliphatic heterocycles. The lowest BCUT2D eigenvalue weighted by molar-refractivity contribution is 0.517. The molecule has 6 heteroatoms. The molecule has 2 aromatic rings. The van der Waals surface area contributed by atoms with Gasteiger partial charge in [-0.05, 0) is 25.5 Å². The summed E-state index contributed by atoms with van der Waals surface area (Å²) in [6.07, 6.45) is 3.57. The number of hydrogen-bond donors (Lipinski definition) is 2. The lowest BCUT2D eigenvalue weighted by Crippen LogP contribution is -2.30. The highest BCUT2D eigenvalue weighted by Crippen LogP contribution is 2.24.